The van der Waals surface area contributed by atoms with Gasteiger partial charge in [0.15, 0.2) is 12.4 Å². The summed E-state index contributed by atoms with van der Waals surface area (Å²) in [6.45, 7) is 0.236. The molecule has 0 amide bonds. The summed E-state index contributed by atoms with van der Waals surface area (Å²) in [6, 6.07) is -2.41. The summed E-state index contributed by atoms with van der Waals surface area (Å²) in [7, 11) is 1.32. The third kappa shape index (κ3) is 13.8. The lowest BCUT2D eigenvalue weighted by Gasteiger charge is -2.46. The van der Waals surface area contributed by atoms with Crippen LogP contribution in [0.2, 0.25) is 0 Å². The number of nitrogens with zero attached hydrogens (tertiary/aromatic N) is 2. The minimum atomic E-state index is -6.13. The Labute approximate surface area is 409 Å². The van der Waals surface area contributed by atoms with Gasteiger partial charge < -0.3 is 4.74 Å². The number of rotatable bonds is 8. The fourth-order valence-corrected chi connectivity index (χ4v) is 7.69. The van der Waals surface area contributed by atoms with Crippen LogP contribution < -0.4 is 26.4 Å². The predicted molar refractivity (Wildman–Crippen MR) is 217 cm³/mol. The van der Waals surface area contributed by atoms with Gasteiger partial charge in [-0.25, -0.2) is 4.79 Å². The Morgan fingerprint density at radius 1 is 0.395 bits per heavy atom. The average Bonchev–Trinajstić information content (AvgIpc) is 3.29. The quantitative estimate of drug-likeness (QED) is 0.0501. The molecule has 408 valence electrons. The molecule has 0 atom stereocenters. The molecule has 0 saturated heterocycles. The van der Waals surface area contributed by atoms with Crippen LogP contribution in [-0.2, 0) is 60.7 Å². The fourth-order valence-electron chi connectivity index (χ4n) is 7.69. The number of hydrogen-bond acceptors (Lipinski definition) is 4. The number of methoxy groups -OCH3 is 1. The van der Waals surface area contributed by atoms with Crippen LogP contribution in [0.1, 0.15) is 65.2 Å². The second-order valence-corrected chi connectivity index (χ2v) is 16.1. The Kier molecular flexibility index (Phi) is 16.2. The van der Waals surface area contributed by atoms with Crippen LogP contribution in [0.5, 0.6) is 0 Å². The zero-order chi connectivity index (χ0) is 57.6. The molecule has 0 N–H and O–H groups in total. The molecule has 0 saturated carbocycles. The van der Waals surface area contributed by atoms with Crippen LogP contribution in [0.3, 0.4) is 0 Å². The van der Waals surface area contributed by atoms with Crippen LogP contribution in [0.4, 0.5) is 105 Å². The van der Waals surface area contributed by atoms with Gasteiger partial charge in [-0.3, -0.25) is 9.78 Å². The van der Waals surface area contributed by atoms with Crippen LogP contribution >= 0.6 is 0 Å². The summed E-state index contributed by atoms with van der Waals surface area (Å²) in [5, 5.41) is 0. The van der Waals surface area contributed by atoms with E-state index in [9.17, 15) is 115 Å². The van der Waals surface area contributed by atoms with E-state index in [1.54, 1.807) is 53.6 Å². The summed E-state index contributed by atoms with van der Waals surface area (Å²) in [5.74, 6) is -0.449. The van der Waals surface area contributed by atoms with Gasteiger partial charge in [0.05, 0.1) is 69.6 Å². The van der Waals surface area contributed by atoms with Crippen molar-refractivity contribution in [3.05, 3.63) is 177 Å². The van der Waals surface area contributed by atoms with E-state index in [1.807, 2.05) is 0 Å². The molecule has 30 heteroatoms. The molecule has 6 rings (SSSR count). The largest absolute Gasteiger partial charge is 0.465 e. The lowest BCUT2D eigenvalue weighted by Crippen LogP contribution is -2.75. The maximum Gasteiger partial charge on any atom is 0.416 e. The topological polar surface area (TPSA) is 60.1 Å². The number of benzene rings is 5. The first-order chi connectivity index (χ1) is 34.5. The molecule has 76 heavy (non-hydrogen) atoms. The first-order valence-electron chi connectivity index (χ1n) is 20.3. The molecule has 0 aliphatic heterocycles. The molecule has 0 fully saturated rings. The number of aromatic nitrogens is 2. The first kappa shape index (κ1) is 59.6. The summed E-state index contributed by atoms with van der Waals surface area (Å²) in [4.78, 5) is 27.2. The molecule has 0 aliphatic rings. The highest BCUT2D eigenvalue weighted by molar-refractivity contribution is 7.20. The molecule has 5 nitrogen and oxygen atoms in total. The predicted octanol–water partition coefficient (Wildman–Crippen LogP) is 12.3. The Hall–Kier alpha value is -7.30. The van der Waals surface area contributed by atoms with Crippen molar-refractivity contribution in [2.45, 2.75) is 56.0 Å². The lowest BCUT2D eigenvalue weighted by atomic mass is 9.12. The van der Waals surface area contributed by atoms with E-state index in [-0.39, 0.29) is 12.3 Å². The highest BCUT2D eigenvalue weighted by Crippen LogP contribution is 2.41. The number of alkyl halides is 24. The van der Waals surface area contributed by atoms with Crippen molar-refractivity contribution < 1.29 is 124 Å². The SMILES string of the molecule is COC(=O)c1ccc(C(=O)C[n+]2ccncc2)cc1.FC(F)(F)c1cc([B-](c2cc(C(F)(F)F)cc(C(F)(F)F)c2)(c2cc(C(F)(F)F)cc(C(F)(F)F)c2)c2cc(C(F)(F)F)cc(C(F)(F)F)c2)cc(C(F)(F)F)c1. The van der Waals surface area contributed by atoms with Gasteiger partial charge in [-0.2, -0.15) is 132 Å². The molecule has 5 aromatic carbocycles. The number of carbonyl (C=O) groups excluding carboxylic acids is 2. The van der Waals surface area contributed by atoms with Crippen molar-refractivity contribution in [1.82, 2.24) is 4.98 Å². The highest BCUT2D eigenvalue weighted by atomic mass is 19.4. The fraction of sp³-hybridized carbons (Fsp3) is 0.217. The van der Waals surface area contributed by atoms with Crippen molar-refractivity contribution in [2.75, 3.05) is 7.11 Å². The molecule has 0 radical (unpaired) electrons. The number of ketones is 1. The van der Waals surface area contributed by atoms with Gasteiger partial charge in [0.2, 0.25) is 12.3 Å². The van der Waals surface area contributed by atoms with Crippen molar-refractivity contribution in [2.24, 2.45) is 0 Å². The van der Waals surface area contributed by atoms with Gasteiger partial charge >= 0.3 is 55.4 Å². The molecule has 0 aliphatic carbocycles. The van der Waals surface area contributed by atoms with Gasteiger partial charge in [-0.15, -0.1) is 0 Å². The van der Waals surface area contributed by atoms with Gasteiger partial charge in [-0.1, -0.05) is 60.7 Å². The summed E-state index contributed by atoms with van der Waals surface area (Å²) in [6.07, 6.45) is -48.1. The van der Waals surface area contributed by atoms with E-state index in [0.717, 1.165) is 0 Å². The number of hydrogen-bond donors (Lipinski definition) is 0. The molecule has 0 spiro atoms. The van der Waals surface area contributed by atoms with Crippen LogP contribution in [0.15, 0.2) is 122 Å². The zero-order valence-corrected chi connectivity index (χ0v) is 37.0. The van der Waals surface area contributed by atoms with Crippen molar-refractivity contribution in [3.8, 4) is 0 Å². The second kappa shape index (κ2) is 20.7. The minimum Gasteiger partial charge on any atom is -0.465 e. The van der Waals surface area contributed by atoms with Crippen molar-refractivity contribution >= 4 is 39.7 Å². The Balaban J connectivity index is 0.000000468. The minimum absolute atomic E-state index is 0.0346. The van der Waals surface area contributed by atoms with Crippen LogP contribution in [0.25, 0.3) is 0 Å². The Morgan fingerprint density at radius 2 is 0.618 bits per heavy atom. The molecule has 0 bridgehead atoms. The standard InChI is InChI=1S/C32H12BF24.C14H13N2O3/c34-25(35,36)13-1-14(26(37,38)39)6-21(5-13)33(22-7-15(27(40,41)42)2-16(8-22)28(43,44)45,23-9-17(29(46,47)48)3-18(10-23)30(49,50)51)24-11-19(31(52,53)54)4-20(12-24)32(55,56)57;1-19-14(18)12-4-2-11(3-5-12)13(17)10-16-8-6-15-7-9-16/h1-12H;2-9H,10H2,1H3/q-1;+1. The first-order valence-corrected chi connectivity index (χ1v) is 20.3. The van der Waals surface area contributed by atoms with E-state index in [4.69, 9.17) is 0 Å². The van der Waals surface area contributed by atoms with Gasteiger partial charge in [0.1, 0.15) is 6.15 Å². The number of Topliss-reactive ketones (excluding diaryl/α,β-unsaturated/α-hetero) is 1. The van der Waals surface area contributed by atoms with Crippen LogP contribution in [-0.4, -0.2) is 30.0 Å². The summed E-state index contributed by atoms with van der Waals surface area (Å²) < 4.78 is 347. The smallest absolute Gasteiger partial charge is 0.416 e. The second-order valence-electron chi connectivity index (χ2n) is 16.1. The van der Waals surface area contributed by atoms with E-state index < -0.39 is 201 Å². The Bertz CT molecular complexity index is 2640. The summed E-state index contributed by atoms with van der Waals surface area (Å²) in [5.41, 5.74) is -29.2. The van der Waals surface area contributed by atoms with Gasteiger partial charge in [-0.05, 0) is 36.4 Å². The third-order valence-electron chi connectivity index (χ3n) is 11.1. The third-order valence-corrected chi connectivity index (χ3v) is 11.1. The average molecular weight is 1120 g/mol. The van der Waals surface area contributed by atoms with E-state index in [1.165, 1.54) is 7.11 Å². The summed E-state index contributed by atoms with van der Waals surface area (Å²) >= 11 is 0. The molecular weight excluding hydrogens is 1100 g/mol. The molecule has 6 aromatic rings. The van der Waals surface area contributed by atoms with E-state index in [2.05, 4.69) is 9.72 Å². The Morgan fingerprint density at radius 3 is 0.829 bits per heavy atom. The molecule has 1 aromatic heterocycles. The number of ether oxygens (including phenoxy) is 1. The maximum atomic E-state index is 14.2. The maximum absolute atomic E-state index is 14.2. The molecular formula is C46H25BF24N2O3. The van der Waals surface area contributed by atoms with Gasteiger partial charge in [0.25, 0.3) is 0 Å². The number of carbonyl (C=O) groups is 2. The number of esters is 1. The monoisotopic (exact) mass is 1120 g/mol. The molecule has 0 unspecified atom stereocenters. The number of halogens is 24. The van der Waals surface area contributed by atoms with Crippen molar-refractivity contribution in [3.63, 3.8) is 0 Å². The zero-order valence-electron chi connectivity index (χ0n) is 37.0. The van der Waals surface area contributed by atoms with E-state index >= 15 is 0 Å². The van der Waals surface area contributed by atoms with Crippen LogP contribution in [0, 0.1) is 0 Å². The van der Waals surface area contributed by atoms with Gasteiger partial charge in [0, 0.05) is 5.56 Å². The lowest BCUT2D eigenvalue weighted by molar-refractivity contribution is -0.683. The molecule has 1 heterocycles. The normalized spacial score (nSPS) is 13.2. The van der Waals surface area contributed by atoms with Crippen molar-refractivity contribution in [1.29, 1.82) is 0 Å². The van der Waals surface area contributed by atoms with E-state index in [0.29, 0.717) is 11.1 Å². The highest BCUT2D eigenvalue weighted by Gasteiger charge is 2.47.